The average Bonchev–Trinajstić information content (AvgIpc) is 2.92. The Morgan fingerprint density at radius 2 is 1.92 bits per heavy atom. The first-order chi connectivity index (χ1) is 12.1. The summed E-state index contributed by atoms with van der Waals surface area (Å²) in [6.07, 6.45) is 9.37. The Hall–Kier alpha value is -1.21. The highest BCUT2D eigenvalue weighted by molar-refractivity contribution is 5.95. The number of carbonyl (C=O) groups excluding carboxylic acids is 1. The van der Waals surface area contributed by atoms with Gasteiger partial charge in [0.25, 0.3) is 0 Å². The molecule has 1 fully saturated rings. The van der Waals surface area contributed by atoms with Crippen molar-refractivity contribution in [2.24, 2.45) is 0 Å². The minimum absolute atomic E-state index is 0.122. The number of ether oxygens (including phenoxy) is 1. The topological polar surface area (TPSA) is 90.2 Å². The number of aliphatic hydroxyl groups excluding tert-OH is 3. The lowest BCUT2D eigenvalue weighted by atomic mass is 10.0. The molecule has 142 valence electrons. The number of unbranched alkanes of at least 4 members (excludes halogenated alkanes) is 5. The van der Waals surface area contributed by atoms with Crippen LogP contribution in [0.3, 0.4) is 0 Å². The van der Waals surface area contributed by atoms with Crippen LogP contribution in [0, 0.1) is 0 Å². The van der Waals surface area contributed by atoms with Crippen LogP contribution >= 0.6 is 0 Å². The molecule has 6 nitrogen and oxygen atoms in total. The third-order valence-electron chi connectivity index (χ3n) is 4.85. The van der Waals surface area contributed by atoms with E-state index in [1.807, 2.05) is 6.08 Å². The zero-order valence-electron chi connectivity index (χ0n) is 15.0. The van der Waals surface area contributed by atoms with Crippen LogP contribution < -0.4 is 0 Å². The third kappa shape index (κ3) is 5.38. The standard InChI is InChI=1S/C19H31NO5/c1-2-3-4-5-6-7-10-15(22)14-9-8-11-20(12-14)19-18(24)17(23)16(13-21)25-19/h8,11-12,16-19,21,23-24H,2-7,9-10,13H2,1H3/t16-,17+,18+,19-/m1/s1. The highest BCUT2D eigenvalue weighted by Crippen LogP contribution is 2.27. The average molecular weight is 353 g/mol. The largest absolute Gasteiger partial charge is 0.394 e. The lowest BCUT2D eigenvalue weighted by Gasteiger charge is -2.29. The number of hydrogen-bond acceptors (Lipinski definition) is 6. The highest BCUT2D eigenvalue weighted by Gasteiger charge is 2.44. The molecule has 0 aromatic carbocycles. The van der Waals surface area contributed by atoms with Crippen molar-refractivity contribution >= 4 is 5.78 Å². The van der Waals surface area contributed by atoms with Gasteiger partial charge in [0.05, 0.1) is 6.61 Å². The Morgan fingerprint density at radius 1 is 1.20 bits per heavy atom. The second-order valence-corrected chi connectivity index (χ2v) is 6.86. The van der Waals surface area contributed by atoms with Crippen molar-refractivity contribution in [3.8, 4) is 0 Å². The Morgan fingerprint density at radius 3 is 2.60 bits per heavy atom. The molecule has 2 rings (SSSR count). The van der Waals surface area contributed by atoms with Gasteiger partial charge in [-0.2, -0.15) is 0 Å². The Bertz CT molecular complexity index is 490. The maximum absolute atomic E-state index is 12.4. The van der Waals surface area contributed by atoms with Crippen LogP contribution in [0.2, 0.25) is 0 Å². The van der Waals surface area contributed by atoms with E-state index >= 15 is 0 Å². The molecule has 6 heteroatoms. The molecular formula is C19H31NO5. The molecule has 0 amide bonds. The van der Waals surface area contributed by atoms with E-state index < -0.39 is 24.5 Å². The molecule has 1 saturated heterocycles. The molecule has 3 N–H and O–H groups in total. The van der Waals surface area contributed by atoms with Crippen LogP contribution in [-0.2, 0) is 9.53 Å². The van der Waals surface area contributed by atoms with Crippen molar-refractivity contribution in [3.05, 3.63) is 24.0 Å². The van der Waals surface area contributed by atoms with Gasteiger partial charge in [0.15, 0.2) is 12.0 Å². The predicted molar refractivity (Wildman–Crippen MR) is 94.4 cm³/mol. The molecule has 0 aromatic rings. The van der Waals surface area contributed by atoms with Crippen LogP contribution in [-0.4, -0.2) is 57.1 Å². The maximum Gasteiger partial charge on any atom is 0.162 e. The molecule has 4 atom stereocenters. The summed E-state index contributed by atoms with van der Waals surface area (Å²) >= 11 is 0. The van der Waals surface area contributed by atoms with Crippen molar-refractivity contribution in [1.82, 2.24) is 4.90 Å². The summed E-state index contributed by atoms with van der Waals surface area (Å²) in [5.41, 5.74) is 0.689. The van der Waals surface area contributed by atoms with Gasteiger partial charge in [0.1, 0.15) is 18.3 Å². The van der Waals surface area contributed by atoms with Gasteiger partial charge >= 0.3 is 0 Å². The van der Waals surface area contributed by atoms with Gasteiger partial charge in [-0.15, -0.1) is 0 Å². The van der Waals surface area contributed by atoms with E-state index in [0.29, 0.717) is 18.4 Å². The molecule has 0 aromatic heterocycles. The van der Waals surface area contributed by atoms with Gasteiger partial charge < -0.3 is 25.0 Å². The van der Waals surface area contributed by atoms with Crippen LogP contribution in [0.4, 0.5) is 0 Å². The van der Waals surface area contributed by atoms with Gasteiger partial charge in [-0.25, -0.2) is 0 Å². The summed E-state index contributed by atoms with van der Waals surface area (Å²) < 4.78 is 5.51. The van der Waals surface area contributed by atoms with Gasteiger partial charge in [-0.3, -0.25) is 4.79 Å². The van der Waals surface area contributed by atoms with E-state index in [-0.39, 0.29) is 12.4 Å². The van der Waals surface area contributed by atoms with Crippen molar-refractivity contribution in [3.63, 3.8) is 0 Å². The Kier molecular flexibility index (Phi) is 8.09. The summed E-state index contributed by atoms with van der Waals surface area (Å²) in [7, 11) is 0. The molecule has 0 radical (unpaired) electrons. The lowest BCUT2D eigenvalue weighted by molar-refractivity contribution is -0.116. The zero-order valence-corrected chi connectivity index (χ0v) is 15.0. The summed E-state index contributed by atoms with van der Waals surface area (Å²) in [5, 5.41) is 29.2. The molecule has 2 aliphatic rings. The lowest BCUT2D eigenvalue weighted by Crippen LogP contribution is -2.40. The van der Waals surface area contributed by atoms with Crippen LogP contribution in [0.1, 0.15) is 58.3 Å². The van der Waals surface area contributed by atoms with Crippen molar-refractivity contribution in [2.75, 3.05) is 6.61 Å². The van der Waals surface area contributed by atoms with Gasteiger partial charge in [-0.1, -0.05) is 45.1 Å². The first kappa shape index (κ1) is 20.1. The summed E-state index contributed by atoms with van der Waals surface area (Å²) in [4.78, 5) is 14.0. The quantitative estimate of drug-likeness (QED) is 0.519. The van der Waals surface area contributed by atoms with Crippen molar-refractivity contribution < 1.29 is 24.9 Å². The number of carbonyl (C=O) groups is 1. The van der Waals surface area contributed by atoms with E-state index in [0.717, 1.165) is 12.8 Å². The number of hydrogen-bond donors (Lipinski definition) is 3. The van der Waals surface area contributed by atoms with Crippen molar-refractivity contribution in [1.29, 1.82) is 0 Å². The third-order valence-corrected chi connectivity index (χ3v) is 4.85. The fourth-order valence-corrected chi connectivity index (χ4v) is 3.27. The molecule has 0 aliphatic carbocycles. The number of rotatable bonds is 10. The normalized spacial score (nSPS) is 29.1. The number of allylic oxidation sites excluding steroid dienone is 2. The van der Waals surface area contributed by atoms with E-state index in [4.69, 9.17) is 4.74 Å². The second-order valence-electron chi connectivity index (χ2n) is 6.86. The van der Waals surface area contributed by atoms with Crippen molar-refractivity contribution in [2.45, 2.75) is 82.8 Å². The molecule has 25 heavy (non-hydrogen) atoms. The van der Waals surface area contributed by atoms with Gasteiger partial charge in [0, 0.05) is 24.4 Å². The fraction of sp³-hybridized carbons (Fsp3) is 0.737. The minimum atomic E-state index is -1.14. The Labute approximate surface area is 149 Å². The molecule has 0 bridgehead atoms. The number of aliphatic hydroxyl groups is 3. The van der Waals surface area contributed by atoms with Gasteiger partial charge in [0.2, 0.25) is 0 Å². The monoisotopic (exact) mass is 353 g/mol. The van der Waals surface area contributed by atoms with E-state index in [9.17, 15) is 20.1 Å². The molecule has 0 saturated carbocycles. The SMILES string of the molecule is CCCCCCCCC(=O)C1=CN([C@@H]2O[C@H](CO)[C@H](O)[C@@H]2O)C=CC1. The van der Waals surface area contributed by atoms with E-state index in [1.165, 1.54) is 25.7 Å². The van der Waals surface area contributed by atoms with Crippen LogP contribution in [0.15, 0.2) is 24.0 Å². The van der Waals surface area contributed by atoms with Crippen LogP contribution in [0.5, 0.6) is 0 Å². The highest BCUT2D eigenvalue weighted by atomic mass is 16.6. The molecular weight excluding hydrogens is 322 g/mol. The smallest absolute Gasteiger partial charge is 0.162 e. The number of Topliss-reactive ketones (excluding diaryl/α,β-unsaturated/α-hetero) is 1. The van der Waals surface area contributed by atoms with E-state index in [1.54, 1.807) is 17.3 Å². The molecule has 2 aliphatic heterocycles. The van der Waals surface area contributed by atoms with Crippen LogP contribution in [0.25, 0.3) is 0 Å². The molecule has 2 heterocycles. The van der Waals surface area contributed by atoms with E-state index in [2.05, 4.69) is 6.92 Å². The number of ketones is 1. The summed E-state index contributed by atoms with van der Waals surface area (Å²) in [6, 6.07) is 0. The first-order valence-electron chi connectivity index (χ1n) is 9.39. The maximum atomic E-state index is 12.4. The fourth-order valence-electron chi connectivity index (χ4n) is 3.27. The summed E-state index contributed by atoms with van der Waals surface area (Å²) in [5.74, 6) is 0.122. The zero-order chi connectivity index (χ0) is 18.2. The molecule has 0 spiro atoms. The van der Waals surface area contributed by atoms with Gasteiger partial charge in [-0.05, 0) is 12.8 Å². The molecule has 0 unspecified atom stereocenters. The first-order valence-corrected chi connectivity index (χ1v) is 9.39. The minimum Gasteiger partial charge on any atom is -0.394 e. The summed E-state index contributed by atoms with van der Waals surface area (Å²) in [6.45, 7) is 1.82. The number of nitrogens with zero attached hydrogens (tertiary/aromatic N) is 1. The Balaban J connectivity index is 1.85. The second kappa shape index (κ2) is 10.1. The predicted octanol–water partition coefficient (Wildman–Crippen LogP) is 1.85.